The molecule has 0 aromatic carbocycles. The fourth-order valence-electron chi connectivity index (χ4n) is 2.96. The molecule has 1 aliphatic heterocycles. The van der Waals surface area contributed by atoms with Crippen molar-refractivity contribution in [3.05, 3.63) is 23.7 Å². The third-order valence-electron chi connectivity index (χ3n) is 4.65. The Hall–Kier alpha value is -0.800. The Morgan fingerprint density at radius 1 is 1.42 bits per heavy atom. The van der Waals surface area contributed by atoms with Crippen molar-refractivity contribution >= 4 is 0 Å². The normalized spacial score (nSPS) is 28.3. The minimum atomic E-state index is 0.359. The second-order valence-electron chi connectivity index (χ2n) is 6.07. The summed E-state index contributed by atoms with van der Waals surface area (Å²) >= 11 is 0. The number of piperazine rings is 1. The molecule has 108 valence electrons. The Morgan fingerprint density at radius 2 is 2.16 bits per heavy atom. The minimum Gasteiger partial charge on any atom is -0.465 e. The van der Waals surface area contributed by atoms with Gasteiger partial charge in [-0.1, -0.05) is 20.3 Å². The Kier molecular flexibility index (Phi) is 4.69. The highest BCUT2D eigenvalue weighted by Gasteiger charge is 2.32. The van der Waals surface area contributed by atoms with Gasteiger partial charge in [-0.25, -0.2) is 0 Å². The maximum absolute atomic E-state index is 5.81. The molecule has 1 N–H and O–H groups in total. The summed E-state index contributed by atoms with van der Waals surface area (Å²) in [6.07, 6.45) is 1.23. The highest BCUT2D eigenvalue weighted by molar-refractivity contribution is 5.10. The lowest BCUT2D eigenvalue weighted by atomic mass is 9.94. The van der Waals surface area contributed by atoms with E-state index in [1.807, 2.05) is 6.92 Å². The SMILES string of the molecule is CCC(C)C1CN(C(C)c2ccc(C)o2)C(C)CN1. The molecule has 0 saturated carbocycles. The van der Waals surface area contributed by atoms with Crippen molar-refractivity contribution in [1.82, 2.24) is 10.2 Å². The van der Waals surface area contributed by atoms with Crippen LogP contribution in [0.4, 0.5) is 0 Å². The zero-order valence-corrected chi connectivity index (χ0v) is 12.9. The first-order chi connectivity index (χ1) is 9.02. The molecule has 2 heterocycles. The Morgan fingerprint density at radius 3 is 2.74 bits per heavy atom. The summed E-state index contributed by atoms with van der Waals surface area (Å²) in [4.78, 5) is 2.58. The van der Waals surface area contributed by atoms with Crippen molar-refractivity contribution in [2.45, 2.75) is 59.2 Å². The fourth-order valence-corrected chi connectivity index (χ4v) is 2.96. The van der Waals surface area contributed by atoms with E-state index in [-0.39, 0.29) is 0 Å². The number of rotatable bonds is 4. The molecule has 0 amide bonds. The van der Waals surface area contributed by atoms with Crippen molar-refractivity contribution < 1.29 is 4.42 Å². The Bertz CT molecular complexity index is 401. The first-order valence-corrected chi connectivity index (χ1v) is 7.58. The van der Waals surface area contributed by atoms with Crippen molar-refractivity contribution in [1.29, 1.82) is 0 Å². The quantitative estimate of drug-likeness (QED) is 0.904. The van der Waals surface area contributed by atoms with Crippen molar-refractivity contribution in [2.75, 3.05) is 13.1 Å². The average molecular weight is 264 g/mol. The molecule has 2 rings (SSSR count). The van der Waals surface area contributed by atoms with Gasteiger partial charge in [0.2, 0.25) is 0 Å². The van der Waals surface area contributed by atoms with Crippen LogP contribution in [0.15, 0.2) is 16.5 Å². The summed E-state index contributed by atoms with van der Waals surface area (Å²) in [6.45, 7) is 13.4. The molecule has 0 bridgehead atoms. The second-order valence-corrected chi connectivity index (χ2v) is 6.07. The minimum absolute atomic E-state index is 0.359. The number of hydrogen-bond acceptors (Lipinski definition) is 3. The third-order valence-corrected chi connectivity index (χ3v) is 4.65. The van der Waals surface area contributed by atoms with Gasteiger partial charge in [0.15, 0.2) is 0 Å². The lowest BCUT2D eigenvalue weighted by Gasteiger charge is -2.43. The number of furan rings is 1. The molecule has 0 radical (unpaired) electrons. The lowest BCUT2D eigenvalue weighted by Crippen LogP contribution is -2.57. The first kappa shape index (κ1) is 14.6. The van der Waals surface area contributed by atoms with E-state index in [9.17, 15) is 0 Å². The molecule has 1 aromatic heterocycles. The fraction of sp³-hybridized carbons (Fsp3) is 0.750. The van der Waals surface area contributed by atoms with Gasteiger partial charge < -0.3 is 9.73 Å². The van der Waals surface area contributed by atoms with Crippen LogP contribution in [0.5, 0.6) is 0 Å². The van der Waals surface area contributed by atoms with E-state index in [1.54, 1.807) is 0 Å². The summed E-state index contributed by atoms with van der Waals surface area (Å²) in [6, 6.07) is 5.69. The third kappa shape index (κ3) is 3.21. The van der Waals surface area contributed by atoms with Crippen LogP contribution in [0, 0.1) is 12.8 Å². The summed E-state index contributed by atoms with van der Waals surface area (Å²) in [7, 11) is 0. The Labute approximate surface area is 117 Å². The van der Waals surface area contributed by atoms with Gasteiger partial charge >= 0.3 is 0 Å². The van der Waals surface area contributed by atoms with Crippen LogP contribution in [0.25, 0.3) is 0 Å². The lowest BCUT2D eigenvalue weighted by molar-refractivity contribution is 0.0721. The molecule has 0 spiro atoms. The zero-order chi connectivity index (χ0) is 14.0. The monoisotopic (exact) mass is 264 g/mol. The molecule has 4 atom stereocenters. The van der Waals surface area contributed by atoms with Gasteiger partial charge in [-0.05, 0) is 38.8 Å². The van der Waals surface area contributed by atoms with Crippen molar-refractivity contribution in [3.8, 4) is 0 Å². The molecule has 3 heteroatoms. The van der Waals surface area contributed by atoms with Gasteiger partial charge in [-0.15, -0.1) is 0 Å². The van der Waals surface area contributed by atoms with Gasteiger partial charge in [0.25, 0.3) is 0 Å². The summed E-state index contributed by atoms with van der Waals surface area (Å²) in [5.74, 6) is 2.82. The standard InChI is InChI=1S/C16H28N2O/c1-6-11(2)15-10-18(12(3)9-17-15)14(5)16-8-7-13(4)19-16/h7-8,11-12,14-15,17H,6,9-10H2,1-5H3. The van der Waals surface area contributed by atoms with Crippen LogP contribution in [-0.2, 0) is 0 Å². The van der Waals surface area contributed by atoms with E-state index in [1.165, 1.54) is 6.42 Å². The van der Waals surface area contributed by atoms with Crippen LogP contribution in [0.1, 0.15) is 51.7 Å². The van der Waals surface area contributed by atoms with E-state index < -0.39 is 0 Å². The van der Waals surface area contributed by atoms with Gasteiger partial charge in [0.05, 0.1) is 6.04 Å². The molecule has 19 heavy (non-hydrogen) atoms. The highest BCUT2D eigenvalue weighted by atomic mass is 16.3. The maximum atomic E-state index is 5.81. The molecule has 1 aliphatic rings. The van der Waals surface area contributed by atoms with E-state index in [0.29, 0.717) is 18.1 Å². The van der Waals surface area contributed by atoms with Crippen LogP contribution in [-0.4, -0.2) is 30.1 Å². The van der Waals surface area contributed by atoms with E-state index in [4.69, 9.17) is 4.42 Å². The second kappa shape index (κ2) is 6.10. The summed E-state index contributed by atoms with van der Waals surface area (Å²) < 4.78 is 5.81. The number of nitrogens with zero attached hydrogens (tertiary/aromatic N) is 1. The molecular formula is C16H28N2O. The largest absolute Gasteiger partial charge is 0.465 e. The molecular weight excluding hydrogens is 236 g/mol. The first-order valence-electron chi connectivity index (χ1n) is 7.58. The van der Waals surface area contributed by atoms with Gasteiger partial charge in [0.1, 0.15) is 11.5 Å². The predicted molar refractivity (Wildman–Crippen MR) is 79.3 cm³/mol. The van der Waals surface area contributed by atoms with Crippen molar-refractivity contribution in [2.24, 2.45) is 5.92 Å². The summed E-state index contributed by atoms with van der Waals surface area (Å²) in [5, 5.41) is 3.69. The number of nitrogens with one attached hydrogen (secondary N) is 1. The van der Waals surface area contributed by atoms with Gasteiger partial charge in [0, 0.05) is 25.2 Å². The van der Waals surface area contributed by atoms with Crippen LogP contribution < -0.4 is 5.32 Å². The number of hydrogen-bond donors (Lipinski definition) is 1. The zero-order valence-electron chi connectivity index (χ0n) is 12.9. The molecule has 1 fully saturated rings. The smallest absolute Gasteiger partial charge is 0.121 e. The number of aryl methyl sites for hydroxylation is 1. The molecule has 1 aromatic rings. The van der Waals surface area contributed by atoms with E-state index >= 15 is 0 Å². The highest BCUT2D eigenvalue weighted by Crippen LogP contribution is 2.27. The van der Waals surface area contributed by atoms with Gasteiger partial charge in [-0.2, -0.15) is 0 Å². The van der Waals surface area contributed by atoms with Crippen LogP contribution in [0.3, 0.4) is 0 Å². The van der Waals surface area contributed by atoms with E-state index in [0.717, 1.165) is 30.5 Å². The van der Waals surface area contributed by atoms with Crippen molar-refractivity contribution in [3.63, 3.8) is 0 Å². The van der Waals surface area contributed by atoms with Crippen LogP contribution in [0.2, 0.25) is 0 Å². The topological polar surface area (TPSA) is 28.4 Å². The maximum Gasteiger partial charge on any atom is 0.121 e. The predicted octanol–water partition coefficient (Wildman–Crippen LogP) is 3.36. The molecule has 1 saturated heterocycles. The molecule has 4 unspecified atom stereocenters. The van der Waals surface area contributed by atoms with Crippen LogP contribution >= 0.6 is 0 Å². The molecule has 0 aliphatic carbocycles. The summed E-state index contributed by atoms with van der Waals surface area (Å²) in [5.41, 5.74) is 0. The molecule has 3 nitrogen and oxygen atoms in total. The Balaban J connectivity index is 2.08. The van der Waals surface area contributed by atoms with Gasteiger partial charge in [-0.3, -0.25) is 4.90 Å². The average Bonchev–Trinajstić information content (AvgIpc) is 2.84. The van der Waals surface area contributed by atoms with E-state index in [2.05, 4.69) is 50.0 Å².